The molecule has 0 amide bonds. The van der Waals surface area contributed by atoms with E-state index >= 15 is 0 Å². The number of rotatable bonds is 4. The average Bonchev–Trinajstić information content (AvgIpc) is 2.74. The first-order chi connectivity index (χ1) is 8.67. The molecule has 1 aromatic heterocycles. The monoisotopic (exact) mass is 250 g/mol. The fourth-order valence-electron chi connectivity index (χ4n) is 2.66. The highest BCUT2D eigenvalue weighted by atomic mass is 16.1. The third kappa shape index (κ3) is 2.41. The van der Waals surface area contributed by atoms with Gasteiger partial charge < -0.3 is 15.2 Å². The van der Waals surface area contributed by atoms with Gasteiger partial charge in [0, 0.05) is 31.5 Å². The molecule has 1 aliphatic heterocycles. The van der Waals surface area contributed by atoms with Crippen LogP contribution in [-0.2, 0) is 6.54 Å². The van der Waals surface area contributed by atoms with Crippen LogP contribution in [-0.4, -0.2) is 28.7 Å². The largest absolute Gasteiger partial charge is 0.349 e. The lowest BCUT2D eigenvalue weighted by Crippen LogP contribution is -2.36. The maximum atomic E-state index is 12.3. The van der Waals surface area contributed by atoms with Crippen LogP contribution in [0, 0.1) is 5.92 Å². The normalized spacial score (nSPS) is 23.6. The Kier molecular flexibility index (Phi) is 4.01. The predicted molar refractivity (Wildman–Crippen MR) is 72.8 cm³/mol. The van der Waals surface area contributed by atoms with E-state index in [-0.39, 0.29) is 5.56 Å². The van der Waals surface area contributed by atoms with Gasteiger partial charge in [-0.25, -0.2) is 4.98 Å². The smallest absolute Gasteiger partial charge is 0.293 e. The lowest BCUT2D eigenvalue weighted by atomic mass is 10.1. The van der Waals surface area contributed by atoms with E-state index in [9.17, 15) is 4.79 Å². The number of aryl methyl sites for hydroxylation is 1. The van der Waals surface area contributed by atoms with E-state index in [1.165, 1.54) is 0 Å². The summed E-state index contributed by atoms with van der Waals surface area (Å²) in [6.45, 7) is 6.47. The molecule has 0 aliphatic carbocycles. The first-order valence-corrected chi connectivity index (χ1v) is 6.69. The van der Waals surface area contributed by atoms with Crippen molar-refractivity contribution in [2.45, 2.75) is 39.3 Å². The second kappa shape index (κ2) is 5.52. The van der Waals surface area contributed by atoms with Crippen molar-refractivity contribution < 1.29 is 0 Å². The van der Waals surface area contributed by atoms with Crippen molar-refractivity contribution in [3.05, 3.63) is 22.7 Å². The Balaban J connectivity index is 2.28. The zero-order chi connectivity index (χ0) is 13.1. The Bertz CT molecular complexity index is 457. The summed E-state index contributed by atoms with van der Waals surface area (Å²) in [6, 6.07) is 0.344. The molecule has 18 heavy (non-hydrogen) atoms. The Morgan fingerprint density at radius 3 is 2.94 bits per heavy atom. The van der Waals surface area contributed by atoms with E-state index in [1.807, 2.05) is 0 Å². The molecule has 1 aromatic rings. The van der Waals surface area contributed by atoms with Crippen LogP contribution in [0.5, 0.6) is 0 Å². The summed E-state index contributed by atoms with van der Waals surface area (Å²) in [5, 5.41) is 0. The molecule has 2 unspecified atom stereocenters. The van der Waals surface area contributed by atoms with Crippen molar-refractivity contribution in [1.82, 2.24) is 9.55 Å². The van der Waals surface area contributed by atoms with Crippen LogP contribution in [0.25, 0.3) is 0 Å². The molecule has 5 heteroatoms. The Labute approximate surface area is 108 Å². The van der Waals surface area contributed by atoms with Crippen molar-refractivity contribution in [2.24, 2.45) is 11.7 Å². The number of hydrogen-bond donors (Lipinski definition) is 1. The van der Waals surface area contributed by atoms with Gasteiger partial charge in [0.15, 0.2) is 5.82 Å². The van der Waals surface area contributed by atoms with E-state index in [0.717, 1.165) is 25.9 Å². The third-order valence-corrected chi connectivity index (χ3v) is 3.63. The predicted octanol–water partition coefficient (Wildman–Crippen LogP) is 0.827. The summed E-state index contributed by atoms with van der Waals surface area (Å²) < 4.78 is 1.74. The minimum Gasteiger partial charge on any atom is -0.349 e. The quantitative estimate of drug-likeness (QED) is 0.859. The molecule has 0 aromatic carbocycles. The first kappa shape index (κ1) is 13.1. The molecule has 0 saturated carbocycles. The van der Waals surface area contributed by atoms with Gasteiger partial charge in [-0.05, 0) is 32.2 Å². The minimum absolute atomic E-state index is 0.0175. The molecule has 1 aliphatic rings. The summed E-state index contributed by atoms with van der Waals surface area (Å²) in [5.74, 6) is 1.05. The van der Waals surface area contributed by atoms with Crippen molar-refractivity contribution in [1.29, 1.82) is 0 Å². The molecule has 1 fully saturated rings. The summed E-state index contributed by atoms with van der Waals surface area (Å²) in [6.07, 6.45) is 5.47. The summed E-state index contributed by atoms with van der Waals surface area (Å²) >= 11 is 0. The highest BCUT2D eigenvalue weighted by molar-refractivity contribution is 5.39. The van der Waals surface area contributed by atoms with Crippen LogP contribution in [0.15, 0.2) is 17.2 Å². The van der Waals surface area contributed by atoms with E-state index < -0.39 is 0 Å². The van der Waals surface area contributed by atoms with Crippen LogP contribution >= 0.6 is 0 Å². The number of hydrogen-bond acceptors (Lipinski definition) is 4. The van der Waals surface area contributed by atoms with Crippen LogP contribution in [0.1, 0.15) is 26.7 Å². The van der Waals surface area contributed by atoms with Crippen molar-refractivity contribution in [3.63, 3.8) is 0 Å². The maximum absolute atomic E-state index is 12.3. The van der Waals surface area contributed by atoms with Gasteiger partial charge in [0.2, 0.25) is 0 Å². The molecule has 5 nitrogen and oxygen atoms in total. The van der Waals surface area contributed by atoms with Gasteiger partial charge in [0.05, 0.1) is 0 Å². The van der Waals surface area contributed by atoms with Gasteiger partial charge in [0.1, 0.15) is 0 Å². The third-order valence-electron chi connectivity index (χ3n) is 3.63. The summed E-state index contributed by atoms with van der Waals surface area (Å²) in [4.78, 5) is 18.7. The Morgan fingerprint density at radius 2 is 2.33 bits per heavy atom. The van der Waals surface area contributed by atoms with Gasteiger partial charge >= 0.3 is 0 Å². The van der Waals surface area contributed by atoms with Crippen molar-refractivity contribution >= 4 is 5.82 Å². The molecular formula is C13H22N4O. The van der Waals surface area contributed by atoms with Crippen LogP contribution in [0.2, 0.25) is 0 Å². The molecule has 100 valence electrons. The van der Waals surface area contributed by atoms with Crippen molar-refractivity contribution in [3.8, 4) is 0 Å². The summed E-state index contributed by atoms with van der Waals surface area (Å²) in [5.41, 5.74) is 5.74. The number of anilines is 1. The maximum Gasteiger partial charge on any atom is 0.293 e. The molecule has 0 radical (unpaired) electrons. The van der Waals surface area contributed by atoms with Gasteiger partial charge in [-0.1, -0.05) is 6.92 Å². The number of aromatic nitrogens is 2. The van der Waals surface area contributed by atoms with Gasteiger partial charge in [-0.2, -0.15) is 0 Å². The van der Waals surface area contributed by atoms with Gasteiger partial charge in [-0.15, -0.1) is 0 Å². The molecule has 0 bridgehead atoms. The Hall–Kier alpha value is -1.36. The lowest BCUT2D eigenvalue weighted by molar-refractivity contribution is 0.579. The minimum atomic E-state index is 0.0175. The van der Waals surface area contributed by atoms with E-state index in [2.05, 4.69) is 23.7 Å². The van der Waals surface area contributed by atoms with Crippen LogP contribution in [0.4, 0.5) is 5.82 Å². The molecular weight excluding hydrogens is 228 g/mol. The zero-order valence-corrected chi connectivity index (χ0v) is 11.2. The first-order valence-electron chi connectivity index (χ1n) is 6.69. The molecule has 2 N–H and O–H groups in total. The van der Waals surface area contributed by atoms with E-state index in [0.29, 0.717) is 24.3 Å². The second-order valence-corrected chi connectivity index (χ2v) is 5.09. The molecule has 1 saturated heterocycles. The second-order valence-electron chi connectivity index (χ2n) is 5.09. The number of nitrogens with zero attached hydrogens (tertiary/aromatic N) is 3. The highest BCUT2D eigenvalue weighted by Crippen LogP contribution is 2.24. The van der Waals surface area contributed by atoms with E-state index in [1.54, 1.807) is 17.0 Å². The van der Waals surface area contributed by atoms with Crippen LogP contribution < -0.4 is 16.2 Å². The number of nitrogens with two attached hydrogens (primary N) is 1. The SMILES string of the molecule is CCCn1ccnc(N2CC(CN)CC2C)c1=O. The highest BCUT2D eigenvalue weighted by Gasteiger charge is 2.30. The molecule has 2 atom stereocenters. The molecule has 2 heterocycles. The van der Waals surface area contributed by atoms with Gasteiger partial charge in [-0.3, -0.25) is 4.79 Å². The topological polar surface area (TPSA) is 64.2 Å². The summed E-state index contributed by atoms with van der Waals surface area (Å²) in [7, 11) is 0. The molecule has 2 rings (SSSR count). The fourth-order valence-corrected chi connectivity index (χ4v) is 2.66. The van der Waals surface area contributed by atoms with Gasteiger partial charge in [0.25, 0.3) is 5.56 Å². The lowest BCUT2D eigenvalue weighted by Gasteiger charge is -2.22. The average molecular weight is 250 g/mol. The fraction of sp³-hybridized carbons (Fsp3) is 0.692. The Morgan fingerprint density at radius 1 is 1.56 bits per heavy atom. The van der Waals surface area contributed by atoms with Crippen LogP contribution in [0.3, 0.4) is 0 Å². The van der Waals surface area contributed by atoms with E-state index in [4.69, 9.17) is 5.73 Å². The van der Waals surface area contributed by atoms with Crippen molar-refractivity contribution in [2.75, 3.05) is 18.0 Å². The standard InChI is InChI=1S/C13H22N4O/c1-3-5-16-6-4-15-12(13(16)18)17-9-11(8-14)7-10(17)2/h4,6,10-11H,3,5,7-9,14H2,1-2H3. The zero-order valence-electron chi connectivity index (χ0n) is 11.2. The molecule has 0 spiro atoms.